The molecule has 2 N–H and O–H groups in total. The first-order valence-corrected chi connectivity index (χ1v) is 9.43. The van der Waals surface area contributed by atoms with E-state index in [4.69, 9.17) is 23.2 Å². The summed E-state index contributed by atoms with van der Waals surface area (Å²) in [6.07, 6.45) is 0. The maximum absolute atomic E-state index is 12.8. The highest BCUT2D eigenvalue weighted by atomic mass is 35.5. The summed E-state index contributed by atoms with van der Waals surface area (Å²) in [6.45, 7) is 1.81. The first kappa shape index (κ1) is 21.3. The van der Waals surface area contributed by atoms with E-state index in [1.807, 2.05) is 6.92 Å². The fourth-order valence-electron chi connectivity index (χ4n) is 2.74. The van der Waals surface area contributed by atoms with Crippen LogP contribution in [-0.4, -0.2) is 16.7 Å². The maximum Gasteiger partial charge on any atom is 0.270 e. The quantitative estimate of drug-likeness (QED) is 0.389. The number of non-ortho nitro benzene ring substituents is 1. The molecule has 0 aliphatic carbocycles. The Labute approximate surface area is 181 Å². The number of halogens is 2. The number of para-hydroxylation sites is 1. The Hall–Kier alpha value is -3.42. The average molecular weight is 444 g/mol. The van der Waals surface area contributed by atoms with Crippen molar-refractivity contribution in [2.45, 2.75) is 6.92 Å². The Morgan fingerprint density at radius 3 is 2.20 bits per heavy atom. The maximum atomic E-state index is 12.8. The number of nitrogens with one attached hydrogen (secondary N) is 2. The fraction of sp³-hybridized carbons (Fsp3) is 0.0476. The van der Waals surface area contributed by atoms with E-state index >= 15 is 0 Å². The van der Waals surface area contributed by atoms with Crippen LogP contribution in [0.15, 0.2) is 60.7 Å². The molecule has 0 bridgehead atoms. The zero-order valence-corrected chi connectivity index (χ0v) is 17.1. The minimum Gasteiger partial charge on any atom is -0.322 e. The largest absolute Gasteiger partial charge is 0.322 e. The van der Waals surface area contributed by atoms with Gasteiger partial charge in [0.2, 0.25) is 0 Å². The van der Waals surface area contributed by atoms with Crippen LogP contribution in [0.2, 0.25) is 10.0 Å². The number of hydrogen-bond acceptors (Lipinski definition) is 4. The smallest absolute Gasteiger partial charge is 0.270 e. The highest BCUT2D eigenvalue weighted by Crippen LogP contribution is 2.25. The molecule has 9 heteroatoms. The highest BCUT2D eigenvalue weighted by molar-refractivity contribution is 6.34. The summed E-state index contributed by atoms with van der Waals surface area (Å²) in [4.78, 5) is 35.6. The van der Waals surface area contributed by atoms with Crippen LogP contribution in [0.5, 0.6) is 0 Å². The third-order valence-electron chi connectivity index (χ3n) is 4.26. The normalized spacial score (nSPS) is 10.4. The van der Waals surface area contributed by atoms with Gasteiger partial charge in [-0.2, -0.15) is 0 Å². The predicted octanol–water partition coefficient (Wildman–Crippen LogP) is 5.71. The third kappa shape index (κ3) is 4.76. The fourth-order valence-corrected chi connectivity index (χ4v) is 3.23. The second-order valence-corrected chi connectivity index (χ2v) is 7.18. The number of carbonyl (C=O) groups is 2. The minimum atomic E-state index is -0.605. The van der Waals surface area contributed by atoms with Gasteiger partial charge >= 0.3 is 0 Å². The zero-order chi connectivity index (χ0) is 21.8. The molecule has 0 saturated heterocycles. The molecule has 3 aromatic carbocycles. The van der Waals surface area contributed by atoms with Crippen LogP contribution in [0.25, 0.3) is 0 Å². The van der Waals surface area contributed by atoms with Crippen molar-refractivity contribution in [1.29, 1.82) is 0 Å². The second kappa shape index (κ2) is 8.94. The van der Waals surface area contributed by atoms with Crippen LogP contribution in [-0.2, 0) is 0 Å². The summed E-state index contributed by atoms with van der Waals surface area (Å²) in [5.41, 5.74) is 1.69. The van der Waals surface area contributed by atoms with Gasteiger partial charge in [-0.05, 0) is 48.9 Å². The SMILES string of the molecule is Cc1cc(Cl)ccc1NC(=O)c1ccccc1NC(=O)c1ccc([N+](=O)[O-])cc1Cl. The molecule has 0 heterocycles. The molecule has 0 atom stereocenters. The monoisotopic (exact) mass is 443 g/mol. The first-order valence-electron chi connectivity index (χ1n) is 8.68. The standard InChI is InChI=1S/C21H15Cl2N3O4/c1-12-10-13(22)6-9-18(12)24-21(28)16-4-2-3-5-19(16)25-20(27)15-8-7-14(26(29)30)11-17(15)23/h2-11H,1H3,(H,24,28)(H,25,27). The number of rotatable bonds is 5. The van der Waals surface area contributed by atoms with Crippen molar-refractivity contribution in [3.63, 3.8) is 0 Å². The molecule has 0 radical (unpaired) electrons. The van der Waals surface area contributed by atoms with Gasteiger partial charge in [-0.15, -0.1) is 0 Å². The first-order chi connectivity index (χ1) is 14.3. The predicted molar refractivity (Wildman–Crippen MR) is 117 cm³/mol. The van der Waals surface area contributed by atoms with Gasteiger partial charge < -0.3 is 10.6 Å². The summed E-state index contributed by atoms with van der Waals surface area (Å²) in [5, 5.41) is 16.7. The molecule has 0 aliphatic heterocycles. The topological polar surface area (TPSA) is 101 Å². The lowest BCUT2D eigenvalue weighted by Crippen LogP contribution is -2.18. The van der Waals surface area contributed by atoms with Gasteiger partial charge in [-0.1, -0.05) is 35.3 Å². The molecule has 0 fully saturated rings. The third-order valence-corrected chi connectivity index (χ3v) is 4.81. The molecule has 0 unspecified atom stereocenters. The zero-order valence-electron chi connectivity index (χ0n) is 15.6. The van der Waals surface area contributed by atoms with Gasteiger partial charge in [-0.25, -0.2) is 0 Å². The average Bonchev–Trinajstić information content (AvgIpc) is 2.70. The summed E-state index contributed by atoms with van der Waals surface area (Å²) in [7, 11) is 0. The van der Waals surface area contributed by atoms with Crippen molar-refractivity contribution in [2.75, 3.05) is 10.6 Å². The second-order valence-electron chi connectivity index (χ2n) is 6.33. The van der Waals surface area contributed by atoms with Crippen LogP contribution >= 0.6 is 23.2 Å². The van der Waals surface area contributed by atoms with E-state index in [0.29, 0.717) is 10.7 Å². The molecule has 0 spiro atoms. The Kier molecular flexibility index (Phi) is 6.34. The van der Waals surface area contributed by atoms with Gasteiger partial charge in [0.15, 0.2) is 0 Å². The van der Waals surface area contributed by atoms with E-state index in [0.717, 1.165) is 11.6 Å². The van der Waals surface area contributed by atoms with E-state index in [1.54, 1.807) is 42.5 Å². The number of amides is 2. The number of nitrogens with zero attached hydrogens (tertiary/aromatic N) is 1. The molecular weight excluding hydrogens is 429 g/mol. The molecule has 3 rings (SSSR count). The number of aryl methyl sites for hydroxylation is 1. The summed E-state index contributed by atoms with van der Waals surface area (Å²) in [5.74, 6) is -1.02. The lowest BCUT2D eigenvalue weighted by molar-refractivity contribution is -0.384. The van der Waals surface area contributed by atoms with Gasteiger partial charge in [0, 0.05) is 22.8 Å². The molecule has 0 aromatic heterocycles. The summed E-state index contributed by atoms with van der Waals surface area (Å²) in [6, 6.07) is 15.1. The van der Waals surface area contributed by atoms with Crippen LogP contribution in [0.1, 0.15) is 26.3 Å². The van der Waals surface area contributed by atoms with Crippen LogP contribution < -0.4 is 10.6 Å². The lowest BCUT2D eigenvalue weighted by Gasteiger charge is -2.13. The van der Waals surface area contributed by atoms with E-state index in [-0.39, 0.29) is 27.5 Å². The molecule has 152 valence electrons. The Morgan fingerprint density at radius 1 is 0.867 bits per heavy atom. The number of benzene rings is 3. The summed E-state index contributed by atoms with van der Waals surface area (Å²) < 4.78 is 0. The molecule has 0 saturated carbocycles. The number of carbonyl (C=O) groups excluding carboxylic acids is 2. The van der Waals surface area contributed by atoms with Gasteiger partial charge in [0.05, 0.1) is 26.8 Å². The molecule has 7 nitrogen and oxygen atoms in total. The molecule has 30 heavy (non-hydrogen) atoms. The Balaban J connectivity index is 1.84. The van der Waals surface area contributed by atoms with Crippen molar-refractivity contribution in [2.24, 2.45) is 0 Å². The van der Waals surface area contributed by atoms with E-state index < -0.39 is 16.7 Å². The van der Waals surface area contributed by atoms with Crippen LogP contribution in [0.4, 0.5) is 17.1 Å². The number of nitro groups is 1. The van der Waals surface area contributed by atoms with Gasteiger partial charge in [-0.3, -0.25) is 19.7 Å². The Morgan fingerprint density at radius 2 is 1.53 bits per heavy atom. The van der Waals surface area contributed by atoms with Gasteiger partial charge in [0.25, 0.3) is 17.5 Å². The van der Waals surface area contributed by atoms with Gasteiger partial charge in [0.1, 0.15) is 0 Å². The van der Waals surface area contributed by atoms with Crippen molar-refractivity contribution in [3.8, 4) is 0 Å². The molecule has 3 aromatic rings. The van der Waals surface area contributed by atoms with E-state index in [9.17, 15) is 19.7 Å². The molecule has 0 aliphatic rings. The van der Waals surface area contributed by atoms with Crippen LogP contribution in [0, 0.1) is 17.0 Å². The number of anilines is 2. The number of hydrogen-bond donors (Lipinski definition) is 2. The van der Waals surface area contributed by atoms with Crippen molar-refractivity contribution < 1.29 is 14.5 Å². The molecular formula is C21H15Cl2N3O4. The highest BCUT2D eigenvalue weighted by Gasteiger charge is 2.18. The van der Waals surface area contributed by atoms with E-state index in [1.165, 1.54) is 12.1 Å². The van der Waals surface area contributed by atoms with Crippen molar-refractivity contribution >= 4 is 52.1 Å². The summed E-state index contributed by atoms with van der Waals surface area (Å²) >= 11 is 12.0. The van der Waals surface area contributed by atoms with Crippen LogP contribution in [0.3, 0.4) is 0 Å². The molecule has 2 amide bonds. The number of nitro benzene ring substituents is 1. The van der Waals surface area contributed by atoms with Crippen molar-refractivity contribution in [1.82, 2.24) is 0 Å². The minimum absolute atomic E-state index is 0.0472. The van der Waals surface area contributed by atoms with E-state index in [2.05, 4.69) is 10.6 Å². The van der Waals surface area contributed by atoms with Crippen molar-refractivity contribution in [3.05, 3.63) is 97.5 Å². The Bertz CT molecular complexity index is 1160. The lowest BCUT2D eigenvalue weighted by atomic mass is 10.1.